The highest BCUT2D eigenvalue weighted by Gasteiger charge is 2.29. The fraction of sp³-hybridized carbons (Fsp3) is 0.542. The van der Waals surface area contributed by atoms with E-state index in [9.17, 15) is 14.3 Å². The Bertz CT molecular complexity index is 1270. The SMILES string of the molecule is COc1cn2ncc(-c3nc(NC4CCCN(C(=O)OC(C)(C)C)C4)ncc3F)c2nc1C(C)(C)O. The Hall–Kier alpha value is -3.54. The summed E-state index contributed by atoms with van der Waals surface area (Å²) in [5.41, 5.74) is -0.926. The number of nitrogens with zero attached hydrogens (tertiary/aromatic N) is 6. The van der Waals surface area contributed by atoms with Gasteiger partial charge in [-0.1, -0.05) is 0 Å². The van der Waals surface area contributed by atoms with E-state index in [0.29, 0.717) is 30.0 Å². The third-order valence-corrected chi connectivity index (χ3v) is 5.66. The summed E-state index contributed by atoms with van der Waals surface area (Å²) in [6.07, 6.45) is 5.32. The Kier molecular flexibility index (Phi) is 6.74. The first-order valence-corrected chi connectivity index (χ1v) is 11.8. The summed E-state index contributed by atoms with van der Waals surface area (Å²) in [4.78, 5) is 27.2. The molecule has 4 rings (SSSR count). The minimum atomic E-state index is -1.30. The van der Waals surface area contributed by atoms with Gasteiger partial charge in [0.15, 0.2) is 17.2 Å². The van der Waals surface area contributed by atoms with Crippen LogP contribution in [0.1, 0.15) is 53.2 Å². The minimum absolute atomic E-state index is 0.0154. The van der Waals surface area contributed by atoms with E-state index in [1.165, 1.54) is 17.8 Å². The van der Waals surface area contributed by atoms with Gasteiger partial charge < -0.3 is 24.8 Å². The number of aliphatic hydroxyl groups is 1. The summed E-state index contributed by atoms with van der Waals surface area (Å²) in [6, 6.07) is -0.127. The lowest BCUT2D eigenvalue weighted by Crippen LogP contribution is -2.47. The summed E-state index contributed by atoms with van der Waals surface area (Å²) in [6.45, 7) is 9.67. The van der Waals surface area contributed by atoms with Crippen molar-refractivity contribution in [3.8, 4) is 17.0 Å². The van der Waals surface area contributed by atoms with Crippen LogP contribution in [0.2, 0.25) is 0 Å². The summed E-state index contributed by atoms with van der Waals surface area (Å²) in [5, 5.41) is 18.0. The van der Waals surface area contributed by atoms with Crippen molar-refractivity contribution >= 4 is 17.7 Å². The zero-order valence-electron chi connectivity index (χ0n) is 21.4. The molecule has 0 spiro atoms. The molecule has 3 aromatic rings. The molecular weight excluding hydrogens is 469 g/mol. The number of fused-ring (bicyclic) bond motifs is 1. The fourth-order valence-electron chi connectivity index (χ4n) is 4.05. The second-order valence-corrected chi connectivity index (χ2v) is 10.3. The number of halogens is 1. The van der Waals surface area contributed by atoms with Crippen molar-refractivity contribution in [2.24, 2.45) is 0 Å². The van der Waals surface area contributed by atoms with Crippen molar-refractivity contribution in [1.82, 2.24) is 29.5 Å². The van der Waals surface area contributed by atoms with Crippen molar-refractivity contribution in [3.63, 3.8) is 0 Å². The van der Waals surface area contributed by atoms with E-state index in [1.54, 1.807) is 24.9 Å². The number of likely N-dealkylation sites (tertiary alicyclic amines) is 1. The quantitative estimate of drug-likeness (QED) is 0.541. The standard InChI is InChI=1S/C24H32FN7O4/c1-23(2,3)36-22(33)31-9-7-8-14(12-31)28-21-26-11-16(25)18(29-21)15-10-27-32-13-17(35-6)19(24(4,5)34)30-20(15)32/h10-11,13-14,34H,7-9,12H2,1-6H3,(H,26,28,29). The van der Waals surface area contributed by atoms with E-state index in [1.807, 2.05) is 20.8 Å². The number of piperidine rings is 1. The Morgan fingerprint density at radius 1 is 1.22 bits per heavy atom. The number of rotatable bonds is 5. The Morgan fingerprint density at radius 2 is 1.97 bits per heavy atom. The number of carbonyl (C=O) groups excluding carboxylic acids is 1. The molecule has 36 heavy (non-hydrogen) atoms. The van der Waals surface area contributed by atoms with Crippen LogP contribution in [0, 0.1) is 5.82 Å². The molecule has 1 fully saturated rings. The number of hydrogen-bond acceptors (Lipinski definition) is 9. The van der Waals surface area contributed by atoms with Crippen molar-refractivity contribution in [2.45, 2.75) is 64.7 Å². The molecule has 12 heteroatoms. The zero-order chi connectivity index (χ0) is 26.3. The second kappa shape index (κ2) is 9.49. The number of ether oxygens (including phenoxy) is 2. The highest BCUT2D eigenvalue weighted by Crippen LogP contribution is 2.32. The van der Waals surface area contributed by atoms with E-state index >= 15 is 0 Å². The van der Waals surface area contributed by atoms with E-state index < -0.39 is 17.0 Å². The molecular formula is C24H32FN7O4. The van der Waals surface area contributed by atoms with Gasteiger partial charge >= 0.3 is 6.09 Å². The van der Waals surface area contributed by atoms with Crippen molar-refractivity contribution < 1.29 is 23.8 Å². The van der Waals surface area contributed by atoms with Crippen LogP contribution in [0.4, 0.5) is 15.1 Å². The fourth-order valence-corrected chi connectivity index (χ4v) is 4.05. The van der Waals surface area contributed by atoms with Gasteiger partial charge in [-0.2, -0.15) is 5.10 Å². The predicted octanol–water partition coefficient (Wildman–Crippen LogP) is 3.37. The molecule has 194 valence electrons. The van der Waals surface area contributed by atoms with Crippen molar-refractivity contribution in [1.29, 1.82) is 0 Å². The number of nitrogens with one attached hydrogen (secondary N) is 1. The van der Waals surface area contributed by atoms with Gasteiger partial charge in [0.05, 0.1) is 31.3 Å². The molecule has 11 nitrogen and oxygen atoms in total. The lowest BCUT2D eigenvalue weighted by molar-refractivity contribution is 0.0206. The molecule has 1 unspecified atom stereocenters. The van der Waals surface area contributed by atoms with E-state index in [2.05, 4.69) is 25.4 Å². The third-order valence-electron chi connectivity index (χ3n) is 5.66. The highest BCUT2D eigenvalue weighted by molar-refractivity contribution is 5.75. The van der Waals surface area contributed by atoms with Gasteiger partial charge in [0, 0.05) is 19.1 Å². The number of aromatic nitrogens is 5. The van der Waals surface area contributed by atoms with Crippen LogP contribution in [0.3, 0.4) is 0 Å². The van der Waals surface area contributed by atoms with Crippen LogP contribution in [0.5, 0.6) is 5.75 Å². The Labute approximate surface area is 208 Å². The van der Waals surface area contributed by atoms with Crippen LogP contribution in [-0.4, -0.2) is 72.5 Å². The lowest BCUT2D eigenvalue weighted by atomic mass is 10.0. The van der Waals surface area contributed by atoms with Gasteiger partial charge in [-0.3, -0.25) is 0 Å². The molecule has 0 aromatic carbocycles. The third kappa shape index (κ3) is 5.48. The summed E-state index contributed by atoms with van der Waals surface area (Å²) < 4.78 is 27.2. The molecule has 4 heterocycles. The van der Waals surface area contributed by atoms with E-state index in [4.69, 9.17) is 9.47 Å². The van der Waals surface area contributed by atoms with Crippen molar-refractivity contribution in [3.05, 3.63) is 30.1 Å². The largest absolute Gasteiger partial charge is 0.493 e. The van der Waals surface area contributed by atoms with Gasteiger partial charge in [-0.15, -0.1) is 0 Å². The maximum Gasteiger partial charge on any atom is 0.410 e. The molecule has 1 atom stereocenters. The molecule has 0 bridgehead atoms. The topological polar surface area (TPSA) is 127 Å². The average Bonchev–Trinajstić information content (AvgIpc) is 3.21. The van der Waals surface area contributed by atoms with Gasteiger partial charge in [-0.05, 0) is 47.5 Å². The molecule has 1 saturated heterocycles. The lowest BCUT2D eigenvalue weighted by Gasteiger charge is -2.34. The van der Waals surface area contributed by atoms with Gasteiger partial charge in [0.2, 0.25) is 5.95 Å². The van der Waals surface area contributed by atoms with Crippen LogP contribution >= 0.6 is 0 Å². The number of hydrogen-bond donors (Lipinski definition) is 2. The van der Waals surface area contributed by atoms with Crippen LogP contribution in [0.15, 0.2) is 18.6 Å². The first-order valence-electron chi connectivity index (χ1n) is 11.8. The van der Waals surface area contributed by atoms with Gasteiger partial charge in [-0.25, -0.2) is 28.7 Å². The molecule has 0 saturated carbocycles. The summed E-state index contributed by atoms with van der Waals surface area (Å²) >= 11 is 0. The smallest absolute Gasteiger partial charge is 0.410 e. The second-order valence-electron chi connectivity index (χ2n) is 10.3. The summed E-state index contributed by atoms with van der Waals surface area (Å²) in [5.74, 6) is -0.0723. The molecule has 2 N–H and O–H groups in total. The first-order chi connectivity index (χ1) is 16.9. The number of amides is 1. The predicted molar refractivity (Wildman–Crippen MR) is 130 cm³/mol. The van der Waals surface area contributed by atoms with Crippen molar-refractivity contribution in [2.75, 3.05) is 25.5 Å². The maximum absolute atomic E-state index is 14.9. The molecule has 1 aliphatic heterocycles. The summed E-state index contributed by atoms with van der Waals surface area (Å²) in [7, 11) is 1.47. The maximum atomic E-state index is 14.9. The van der Waals surface area contributed by atoms with Gasteiger partial charge in [0.1, 0.15) is 22.6 Å². The van der Waals surface area contributed by atoms with Crippen LogP contribution in [-0.2, 0) is 10.3 Å². The Morgan fingerprint density at radius 3 is 2.64 bits per heavy atom. The molecule has 0 radical (unpaired) electrons. The first kappa shape index (κ1) is 25.5. The molecule has 1 aliphatic rings. The molecule has 3 aromatic heterocycles. The number of anilines is 1. The zero-order valence-corrected chi connectivity index (χ0v) is 21.4. The van der Waals surface area contributed by atoms with E-state index in [0.717, 1.165) is 19.0 Å². The Balaban J connectivity index is 1.61. The molecule has 1 amide bonds. The number of methoxy groups -OCH3 is 1. The minimum Gasteiger partial charge on any atom is -0.493 e. The van der Waals surface area contributed by atoms with Gasteiger partial charge in [0.25, 0.3) is 0 Å². The average molecular weight is 502 g/mol. The van der Waals surface area contributed by atoms with Crippen LogP contribution in [0.25, 0.3) is 16.9 Å². The van der Waals surface area contributed by atoms with Crippen LogP contribution < -0.4 is 10.1 Å². The normalized spacial score (nSPS) is 16.8. The molecule has 0 aliphatic carbocycles. The number of carbonyl (C=O) groups is 1. The van der Waals surface area contributed by atoms with E-state index in [-0.39, 0.29) is 29.5 Å². The highest BCUT2D eigenvalue weighted by atomic mass is 19.1. The monoisotopic (exact) mass is 501 g/mol.